The van der Waals surface area contributed by atoms with Crippen LogP contribution < -0.4 is 10.5 Å². The maximum absolute atomic E-state index is 13.1. The highest BCUT2D eigenvalue weighted by Gasteiger charge is 2.06. The first kappa shape index (κ1) is 11.7. The molecule has 2 aromatic carbocycles. The van der Waals surface area contributed by atoms with Crippen LogP contribution in [0, 0.1) is 5.82 Å². The summed E-state index contributed by atoms with van der Waals surface area (Å²) in [6, 6.07) is 9.88. The van der Waals surface area contributed by atoms with Crippen LogP contribution in [0.15, 0.2) is 42.6 Å². The first-order chi connectivity index (χ1) is 9.26. The molecule has 3 aromatic rings. The fraction of sp³-hybridized carbons (Fsp3) is 0.0714. The van der Waals surface area contributed by atoms with Gasteiger partial charge in [-0.3, -0.25) is 5.10 Å². The summed E-state index contributed by atoms with van der Waals surface area (Å²) in [6.07, 6.45) is 1.72. The Morgan fingerprint density at radius 3 is 2.95 bits per heavy atom. The molecule has 5 heteroatoms. The molecule has 96 valence electrons. The number of nitrogens with zero attached hydrogens (tertiary/aromatic N) is 1. The van der Waals surface area contributed by atoms with Gasteiger partial charge in [-0.05, 0) is 36.4 Å². The zero-order valence-electron chi connectivity index (χ0n) is 10.1. The fourth-order valence-electron chi connectivity index (χ4n) is 1.92. The van der Waals surface area contributed by atoms with Gasteiger partial charge in [0, 0.05) is 17.5 Å². The topological polar surface area (TPSA) is 63.9 Å². The van der Waals surface area contributed by atoms with Crippen LogP contribution in [0.3, 0.4) is 0 Å². The summed E-state index contributed by atoms with van der Waals surface area (Å²) in [7, 11) is 0. The molecule has 0 aliphatic carbocycles. The van der Waals surface area contributed by atoms with Crippen molar-refractivity contribution in [3.8, 4) is 11.5 Å². The van der Waals surface area contributed by atoms with E-state index in [0.29, 0.717) is 17.1 Å². The summed E-state index contributed by atoms with van der Waals surface area (Å²) in [5.74, 6) is 0.903. The minimum absolute atomic E-state index is 0.223. The number of hydrogen-bond acceptors (Lipinski definition) is 3. The van der Waals surface area contributed by atoms with E-state index in [1.807, 2.05) is 18.2 Å². The Labute approximate surface area is 109 Å². The number of nitrogens with two attached hydrogens (primary N) is 1. The molecule has 0 aliphatic heterocycles. The predicted octanol–water partition coefficient (Wildman–Crippen LogP) is 2.95. The Hall–Kier alpha value is -2.40. The van der Waals surface area contributed by atoms with Crippen LogP contribution >= 0.6 is 0 Å². The molecule has 3 N–H and O–H groups in total. The second-order valence-corrected chi connectivity index (χ2v) is 4.18. The molecule has 0 saturated heterocycles. The predicted molar refractivity (Wildman–Crippen MR) is 70.5 cm³/mol. The van der Waals surface area contributed by atoms with Gasteiger partial charge < -0.3 is 10.5 Å². The van der Waals surface area contributed by atoms with E-state index in [-0.39, 0.29) is 12.4 Å². The van der Waals surface area contributed by atoms with Crippen molar-refractivity contribution in [2.24, 2.45) is 5.73 Å². The lowest BCUT2D eigenvalue weighted by atomic mass is 10.2. The van der Waals surface area contributed by atoms with Gasteiger partial charge in [-0.2, -0.15) is 5.10 Å². The molecule has 0 bridgehead atoms. The molecule has 19 heavy (non-hydrogen) atoms. The zero-order chi connectivity index (χ0) is 13.2. The fourth-order valence-corrected chi connectivity index (χ4v) is 1.92. The monoisotopic (exact) mass is 257 g/mol. The lowest BCUT2D eigenvalue weighted by Crippen LogP contribution is -2.00. The van der Waals surface area contributed by atoms with E-state index in [1.54, 1.807) is 12.3 Å². The smallest absolute Gasteiger partial charge is 0.132 e. The van der Waals surface area contributed by atoms with Gasteiger partial charge in [-0.1, -0.05) is 0 Å². The first-order valence-corrected chi connectivity index (χ1v) is 5.86. The molecule has 1 heterocycles. The quantitative estimate of drug-likeness (QED) is 0.758. The third-order valence-electron chi connectivity index (χ3n) is 2.88. The normalized spacial score (nSPS) is 10.8. The van der Waals surface area contributed by atoms with E-state index in [4.69, 9.17) is 10.5 Å². The van der Waals surface area contributed by atoms with Crippen LogP contribution in [0.2, 0.25) is 0 Å². The molecule has 0 radical (unpaired) electrons. The third kappa shape index (κ3) is 2.28. The number of rotatable bonds is 3. The van der Waals surface area contributed by atoms with Gasteiger partial charge in [0.05, 0.1) is 11.7 Å². The molecule has 4 nitrogen and oxygen atoms in total. The molecule has 0 atom stereocenters. The Morgan fingerprint density at radius 1 is 1.21 bits per heavy atom. The Balaban J connectivity index is 1.95. The summed E-state index contributed by atoms with van der Waals surface area (Å²) in [6.45, 7) is 0.223. The number of nitrogens with one attached hydrogen (secondary N) is 1. The van der Waals surface area contributed by atoms with E-state index in [9.17, 15) is 4.39 Å². The van der Waals surface area contributed by atoms with Crippen molar-refractivity contribution in [1.82, 2.24) is 10.2 Å². The van der Waals surface area contributed by atoms with Gasteiger partial charge in [0.1, 0.15) is 17.3 Å². The van der Waals surface area contributed by atoms with Crippen LogP contribution in [0.1, 0.15) is 5.56 Å². The molecule has 1 aromatic heterocycles. The minimum atomic E-state index is -0.321. The Bertz CT molecular complexity index is 724. The van der Waals surface area contributed by atoms with Gasteiger partial charge in [-0.15, -0.1) is 0 Å². The lowest BCUT2D eigenvalue weighted by molar-refractivity contribution is 0.474. The maximum Gasteiger partial charge on any atom is 0.132 e. The number of benzene rings is 2. The van der Waals surface area contributed by atoms with Crippen LogP contribution in [-0.2, 0) is 6.54 Å². The summed E-state index contributed by atoms with van der Waals surface area (Å²) < 4.78 is 18.9. The third-order valence-corrected chi connectivity index (χ3v) is 2.88. The number of hydrogen-bond donors (Lipinski definition) is 2. The molecule has 0 unspecified atom stereocenters. The highest BCUT2D eigenvalue weighted by Crippen LogP contribution is 2.27. The maximum atomic E-state index is 13.1. The molecule has 0 spiro atoms. The van der Waals surface area contributed by atoms with Gasteiger partial charge in [-0.25, -0.2) is 4.39 Å². The largest absolute Gasteiger partial charge is 0.457 e. The van der Waals surface area contributed by atoms with E-state index < -0.39 is 0 Å². The average Bonchev–Trinajstić information content (AvgIpc) is 2.88. The molecule has 0 saturated carbocycles. The van der Waals surface area contributed by atoms with Crippen molar-refractivity contribution in [2.45, 2.75) is 6.54 Å². The second-order valence-electron chi connectivity index (χ2n) is 4.18. The van der Waals surface area contributed by atoms with Crippen LogP contribution in [0.4, 0.5) is 4.39 Å². The molecule has 0 aliphatic rings. The molecule has 0 amide bonds. The summed E-state index contributed by atoms with van der Waals surface area (Å²) in [5.41, 5.74) is 7.15. The van der Waals surface area contributed by atoms with Crippen molar-refractivity contribution >= 4 is 10.9 Å². The van der Waals surface area contributed by atoms with Gasteiger partial charge in [0.15, 0.2) is 0 Å². The van der Waals surface area contributed by atoms with Gasteiger partial charge in [0.25, 0.3) is 0 Å². The Kier molecular flexibility index (Phi) is 2.89. The number of aromatic nitrogens is 2. The van der Waals surface area contributed by atoms with Gasteiger partial charge in [0.2, 0.25) is 0 Å². The number of halogens is 1. The molecule has 3 rings (SSSR count). The summed E-state index contributed by atoms with van der Waals surface area (Å²) >= 11 is 0. The number of ether oxygens (including phenoxy) is 1. The molecular weight excluding hydrogens is 245 g/mol. The SMILES string of the molecule is NCc1cc(F)ccc1Oc1ccc2[nH]ncc2c1. The second kappa shape index (κ2) is 4.70. The zero-order valence-corrected chi connectivity index (χ0v) is 10.1. The highest BCUT2D eigenvalue weighted by atomic mass is 19.1. The van der Waals surface area contributed by atoms with Crippen LogP contribution in [0.5, 0.6) is 11.5 Å². The van der Waals surface area contributed by atoms with Crippen molar-refractivity contribution < 1.29 is 9.13 Å². The van der Waals surface area contributed by atoms with Crippen molar-refractivity contribution in [3.05, 3.63) is 54.0 Å². The lowest BCUT2D eigenvalue weighted by Gasteiger charge is -2.10. The van der Waals surface area contributed by atoms with E-state index in [2.05, 4.69) is 10.2 Å². The van der Waals surface area contributed by atoms with E-state index >= 15 is 0 Å². The van der Waals surface area contributed by atoms with E-state index in [1.165, 1.54) is 12.1 Å². The summed E-state index contributed by atoms with van der Waals surface area (Å²) in [4.78, 5) is 0. The molecule has 0 fully saturated rings. The van der Waals surface area contributed by atoms with Crippen LogP contribution in [0.25, 0.3) is 10.9 Å². The van der Waals surface area contributed by atoms with Gasteiger partial charge >= 0.3 is 0 Å². The van der Waals surface area contributed by atoms with Crippen LogP contribution in [-0.4, -0.2) is 10.2 Å². The standard InChI is InChI=1S/C14H12FN3O/c15-11-1-4-14(9(5-11)7-16)19-12-2-3-13-10(6-12)8-17-18-13/h1-6,8H,7,16H2,(H,17,18). The number of aromatic amines is 1. The Morgan fingerprint density at radius 2 is 2.11 bits per heavy atom. The highest BCUT2D eigenvalue weighted by molar-refractivity contribution is 5.79. The number of H-pyrrole nitrogens is 1. The van der Waals surface area contributed by atoms with Crippen molar-refractivity contribution in [1.29, 1.82) is 0 Å². The van der Waals surface area contributed by atoms with Crippen molar-refractivity contribution in [3.63, 3.8) is 0 Å². The first-order valence-electron chi connectivity index (χ1n) is 5.86. The number of fused-ring (bicyclic) bond motifs is 1. The average molecular weight is 257 g/mol. The summed E-state index contributed by atoms with van der Waals surface area (Å²) in [5, 5.41) is 7.76. The molecular formula is C14H12FN3O. The van der Waals surface area contributed by atoms with Crippen molar-refractivity contribution in [2.75, 3.05) is 0 Å². The van der Waals surface area contributed by atoms with E-state index in [0.717, 1.165) is 10.9 Å². The minimum Gasteiger partial charge on any atom is -0.457 e.